The molecule has 2 atom stereocenters. The van der Waals surface area contributed by atoms with Crippen LogP contribution in [0.5, 0.6) is 0 Å². The lowest BCUT2D eigenvalue weighted by atomic mass is 9.74. The van der Waals surface area contributed by atoms with Gasteiger partial charge in [0.05, 0.1) is 16.1 Å². The Kier molecular flexibility index (Phi) is 6.53. The van der Waals surface area contributed by atoms with Crippen LogP contribution in [-0.4, -0.2) is 42.8 Å². The summed E-state index contributed by atoms with van der Waals surface area (Å²) >= 11 is 11.7. The fourth-order valence-corrected chi connectivity index (χ4v) is 6.80. The van der Waals surface area contributed by atoms with Gasteiger partial charge in [-0.05, 0) is 57.9 Å². The first-order valence-electron chi connectivity index (χ1n) is 11.9. The summed E-state index contributed by atoms with van der Waals surface area (Å²) in [5, 5.41) is 1.03. The molecule has 0 radical (unpaired) electrons. The van der Waals surface area contributed by atoms with Gasteiger partial charge in [-0.2, -0.15) is 0 Å². The summed E-state index contributed by atoms with van der Waals surface area (Å²) in [7, 11) is 0. The smallest absolute Gasteiger partial charge is 0.211 e. The van der Waals surface area contributed by atoms with Gasteiger partial charge in [0.2, 0.25) is 5.95 Å². The molecule has 1 aliphatic heterocycles. The Labute approximate surface area is 214 Å². The molecule has 3 aromatic rings. The van der Waals surface area contributed by atoms with Gasteiger partial charge in [-0.25, -0.2) is 9.97 Å². The zero-order valence-electron chi connectivity index (χ0n) is 19.9. The summed E-state index contributed by atoms with van der Waals surface area (Å²) in [6, 6.07) is 5.92. The molecule has 1 N–H and O–H groups in total. The van der Waals surface area contributed by atoms with Crippen LogP contribution in [0.15, 0.2) is 36.8 Å². The molecular weight excluding hydrogens is 489 g/mol. The predicted octanol–water partition coefficient (Wildman–Crippen LogP) is 5.89. The maximum atomic E-state index is 12.8. The van der Waals surface area contributed by atoms with Crippen molar-refractivity contribution in [1.82, 2.24) is 19.1 Å². The van der Waals surface area contributed by atoms with Gasteiger partial charge < -0.3 is 9.45 Å². The molecule has 6 nitrogen and oxygen atoms in total. The minimum atomic E-state index is -1.05. The van der Waals surface area contributed by atoms with Gasteiger partial charge in [0.15, 0.2) is 0 Å². The van der Waals surface area contributed by atoms with Gasteiger partial charge >= 0.3 is 0 Å². The number of imidazole rings is 1. The second kappa shape index (κ2) is 9.17. The monoisotopic (exact) mass is 519 g/mol. The lowest BCUT2D eigenvalue weighted by Gasteiger charge is -2.44. The van der Waals surface area contributed by atoms with Crippen LogP contribution in [0.2, 0.25) is 10.0 Å². The molecule has 5 rings (SSSR count). The third kappa shape index (κ3) is 4.30. The van der Waals surface area contributed by atoms with E-state index >= 15 is 0 Å². The van der Waals surface area contributed by atoms with Gasteiger partial charge in [-0.1, -0.05) is 41.8 Å². The molecule has 2 fully saturated rings. The average molecular weight is 521 g/mol. The van der Waals surface area contributed by atoms with E-state index in [4.69, 9.17) is 28.2 Å². The first-order chi connectivity index (χ1) is 16.2. The highest BCUT2D eigenvalue weighted by atomic mass is 35.5. The Balaban J connectivity index is 1.38. The number of benzene rings is 1. The normalized spacial score (nSPS) is 21.5. The van der Waals surface area contributed by atoms with E-state index in [0.717, 1.165) is 55.1 Å². The number of nitrogens with zero attached hydrogens (tertiary/aromatic N) is 4. The molecule has 2 aliphatic rings. The number of fused-ring (bicyclic) bond motifs is 1. The number of rotatable bonds is 4. The first-order valence-corrected chi connectivity index (χ1v) is 13.8. The third-order valence-electron chi connectivity index (χ3n) is 7.40. The number of piperidine rings is 1. The van der Waals surface area contributed by atoms with Crippen LogP contribution in [0.4, 0.5) is 5.95 Å². The van der Waals surface area contributed by atoms with E-state index in [9.17, 15) is 4.55 Å². The van der Waals surface area contributed by atoms with Crippen molar-refractivity contribution in [2.24, 2.45) is 5.41 Å². The van der Waals surface area contributed by atoms with Crippen molar-refractivity contribution in [2.45, 2.75) is 63.7 Å². The van der Waals surface area contributed by atoms with E-state index in [1.807, 2.05) is 49.7 Å². The SMILES string of the molecule is CC(C)(C)[S+]([O-])N[C@@H]1CCCC12CCN(c1ncc(-c3cccc(Cl)c3Cl)c3nccn13)CC2. The molecule has 34 heavy (non-hydrogen) atoms. The number of nitrogens with one attached hydrogen (secondary N) is 1. The standard InChI is InChI=1S/C25H31Cl2N5OS/c1-24(2,3)34(33)30-20-8-5-9-25(20)10-13-31(14-11-25)23-29-16-18(22-28-12-15-32(22)23)17-6-4-7-19(26)21(17)27/h4,6-7,12,15-16,20,30H,5,8-11,13-14H2,1-3H3/t20-,34?/m1/s1. The Morgan fingerprint density at radius 1 is 1.12 bits per heavy atom. The van der Waals surface area contributed by atoms with Gasteiger partial charge in [-0.3, -0.25) is 4.40 Å². The number of hydrogen-bond donors (Lipinski definition) is 1. The molecule has 0 bridgehead atoms. The fraction of sp³-hybridized carbons (Fsp3) is 0.520. The second-order valence-corrected chi connectivity index (χ2v) is 13.3. The van der Waals surface area contributed by atoms with Crippen LogP contribution in [0.25, 0.3) is 16.8 Å². The number of aromatic nitrogens is 3. The van der Waals surface area contributed by atoms with E-state index in [1.165, 1.54) is 12.8 Å². The summed E-state index contributed by atoms with van der Waals surface area (Å²) in [6.45, 7) is 7.92. The molecule has 2 aromatic heterocycles. The van der Waals surface area contributed by atoms with Crippen molar-refractivity contribution < 1.29 is 4.55 Å². The summed E-state index contributed by atoms with van der Waals surface area (Å²) in [5.74, 6) is 0.894. The molecule has 1 spiro atoms. The molecule has 182 valence electrons. The Morgan fingerprint density at radius 2 is 1.88 bits per heavy atom. The minimum absolute atomic E-state index is 0.208. The van der Waals surface area contributed by atoms with Crippen molar-refractivity contribution in [3.8, 4) is 11.1 Å². The van der Waals surface area contributed by atoms with Gasteiger partial charge in [0, 0.05) is 54.2 Å². The van der Waals surface area contributed by atoms with E-state index < -0.39 is 11.4 Å². The average Bonchev–Trinajstić information content (AvgIpc) is 3.43. The molecule has 1 saturated carbocycles. The maximum Gasteiger partial charge on any atom is 0.211 e. The third-order valence-corrected chi connectivity index (χ3v) is 9.83. The van der Waals surface area contributed by atoms with Crippen LogP contribution in [0.1, 0.15) is 52.9 Å². The van der Waals surface area contributed by atoms with Crippen LogP contribution in [-0.2, 0) is 11.4 Å². The molecule has 1 aromatic carbocycles. The topological polar surface area (TPSA) is 68.5 Å². The highest BCUT2D eigenvalue weighted by molar-refractivity contribution is 7.90. The molecular formula is C25H31Cl2N5OS. The van der Waals surface area contributed by atoms with Crippen molar-refractivity contribution >= 4 is 46.2 Å². The molecule has 9 heteroatoms. The first kappa shape index (κ1) is 24.2. The summed E-state index contributed by atoms with van der Waals surface area (Å²) < 4.78 is 18.1. The zero-order chi connectivity index (χ0) is 24.1. The van der Waals surface area contributed by atoms with Crippen molar-refractivity contribution in [2.75, 3.05) is 18.0 Å². The quantitative estimate of drug-likeness (QED) is 0.435. The summed E-state index contributed by atoms with van der Waals surface area (Å²) in [6.07, 6.45) is 11.2. The zero-order valence-corrected chi connectivity index (χ0v) is 22.2. The van der Waals surface area contributed by atoms with Gasteiger partial charge in [0.25, 0.3) is 0 Å². The fourth-order valence-electron chi connectivity index (χ4n) is 5.42. The molecule has 3 heterocycles. The maximum absolute atomic E-state index is 12.8. The van der Waals surface area contributed by atoms with Crippen LogP contribution in [0.3, 0.4) is 0 Å². The van der Waals surface area contributed by atoms with Crippen LogP contribution < -0.4 is 9.62 Å². The number of anilines is 1. The second-order valence-electron chi connectivity index (χ2n) is 10.5. The van der Waals surface area contributed by atoms with Crippen molar-refractivity contribution in [1.29, 1.82) is 0 Å². The van der Waals surface area contributed by atoms with Gasteiger partial charge in [0.1, 0.15) is 10.4 Å². The minimum Gasteiger partial charge on any atom is -0.598 e. The lowest BCUT2D eigenvalue weighted by molar-refractivity contribution is 0.186. The molecule has 1 unspecified atom stereocenters. The van der Waals surface area contributed by atoms with Crippen molar-refractivity contribution in [3.63, 3.8) is 0 Å². The largest absolute Gasteiger partial charge is 0.598 e. The van der Waals surface area contributed by atoms with Gasteiger partial charge in [-0.15, -0.1) is 4.72 Å². The van der Waals surface area contributed by atoms with Crippen molar-refractivity contribution in [3.05, 3.63) is 46.8 Å². The predicted molar refractivity (Wildman–Crippen MR) is 141 cm³/mol. The Morgan fingerprint density at radius 3 is 2.62 bits per heavy atom. The lowest BCUT2D eigenvalue weighted by Crippen LogP contribution is -2.53. The Hall–Kier alpha value is -1.51. The number of halogens is 2. The van der Waals surface area contributed by atoms with Crippen LogP contribution in [0, 0.1) is 5.41 Å². The van der Waals surface area contributed by atoms with E-state index in [2.05, 4.69) is 14.6 Å². The highest BCUT2D eigenvalue weighted by Gasteiger charge is 2.48. The van der Waals surface area contributed by atoms with E-state index in [0.29, 0.717) is 16.1 Å². The Bertz CT molecular complexity index is 1190. The summed E-state index contributed by atoms with van der Waals surface area (Å²) in [5.41, 5.74) is 2.71. The molecule has 0 amide bonds. The molecule has 1 aliphatic carbocycles. The summed E-state index contributed by atoms with van der Waals surface area (Å²) in [4.78, 5) is 11.8. The highest BCUT2D eigenvalue weighted by Crippen LogP contribution is 2.47. The van der Waals surface area contributed by atoms with E-state index in [1.54, 1.807) is 12.3 Å². The molecule has 1 saturated heterocycles. The number of hydrogen-bond acceptors (Lipinski definition) is 5. The van der Waals surface area contributed by atoms with E-state index in [-0.39, 0.29) is 10.2 Å². The van der Waals surface area contributed by atoms with Crippen LogP contribution >= 0.6 is 23.2 Å².